The zero-order valence-corrected chi connectivity index (χ0v) is 14.1. The number of rotatable bonds is 3. The van der Waals surface area contributed by atoms with Gasteiger partial charge in [0.2, 0.25) is 0 Å². The molecule has 0 atom stereocenters. The molecule has 3 aromatic rings. The second-order valence-electron chi connectivity index (χ2n) is 5.79. The molecule has 2 heterocycles. The number of halogens is 2. The topological polar surface area (TPSA) is 17.3 Å². The summed E-state index contributed by atoms with van der Waals surface area (Å²) in [4.78, 5) is 0. The summed E-state index contributed by atoms with van der Waals surface area (Å²) in [6.45, 7) is 6.19. The van der Waals surface area contributed by atoms with Gasteiger partial charge in [0.25, 0.3) is 0 Å². The highest BCUT2D eigenvalue weighted by atomic mass is 35.5. The normalized spacial score (nSPS) is 11.9. The molecule has 0 N–H and O–H groups in total. The van der Waals surface area contributed by atoms with Crippen LogP contribution in [0.5, 0.6) is 0 Å². The summed E-state index contributed by atoms with van der Waals surface area (Å²) < 4.78 is 15.1. The molecule has 0 radical (unpaired) electrons. The van der Waals surface area contributed by atoms with Crippen LogP contribution in [0.4, 0.5) is 4.39 Å². The summed E-state index contributed by atoms with van der Waals surface area (Å²) in [5.41, 5.74) is 4.90. The molecule has 118 valence electrons. The molecule has 0 aliphatic rings. The molecule has 0 amide bonds. The smallest absolute Gasteiger partial charge is 0.131 e. The van der Waals surface area contributed by atoms with Gasteiger partial charge in [0.1, 0.15) is 11.0 Å². The molecule has 3 rings (SSSR count). The predicted molar refractivity (Wildman–Crippen MR) is 94.4 cm³/mol. The van der Waals surface area contributed by atoms with Crippen molar-refractivity contribution in [2.45, 2.75) is 26.7 Å². The molecule has 0 aliphatic heterocycles. The Morgan fingerprint density at radius 2 is 1.83 bits per heavy atom. The van der Waals surface area contributed by atoms with E-state index in [1.165, 1.54) is 12.1 Å². The van der Waals surface area contributed by atoms with Gasteiger partial charge in [-0.25, -0.2) is 8.91 Å². The largest absolute Gasteiger partial charge is 0.221 e. The van der Waals surface area contributed by atoms with Crippen molar-refractivity contribution in [1.82, 2.24) is 9.61 Å². The molecule has 4 heteroatoms. The summed E-state index contributed by atoms with van der Waals surface area (Å²) in [7, 11) is 0. The molecule has 2 aromatic heterocycles. The van der Waals surface area contributed by atoms with Gasteiger partial charge in [0.15, 0.2) is 0 Å². The van der Waals surface area contributed by atoms with Crippen molar-refractivity contribution in [3.63, 3.8) is 0 Å². The van der Waals surface area contributed by atoms with E-state index in [1.807, 2.05) is 25.1 Å². The molecule has 0 unspecified atom stereocenters. The van der Waals surface area contributed by atoms with E-state index in [0.717, 1.165) is 27.9 Å². The number of fused-ring (bicyclic) bond motifs is 1. The maximum atomic E-state index is 13.3. The summed E-state index contributed by atoms with van der Waals surface area (Å²) in [5.74, 6) is -0.00725. The van der Waals surface area contributed by atoms with Crippen LogP contribution < -0.4 is 0 Å². The minimum Gasteiger partial charge on any atom is -0.221 e. The Morgan fingerprint density at radius 3 is 2.43 bits per heavy atom. The number of aromatic nitrogens is 2. The fourth-order valence-electron chi connectivity index (χ4n) is 2.80. The van der Waals surface area contributed by atoms with Crippen molar-refractivity contribution in [2.24, 2.45) is 0 Å². The monoisotopic (exact) mass is 328 g/mol. The SMILES string of the molecule is C/C=C/c1c(C(C)C)nn2c(Cl)ccc2c1-c1ccc(F)cc1. The Morgan fingerprint density at radius 1 is 1.13 bits per heavy atom. The highest BCUT2D eigenvalue weighted by Gasteiger charge is 2.18. The van der Waals surface area contributed by atoms with E-state index in [-0.39, 0.29) is 11.7 Å². The fraction of sp³-hybridized carbons (Fsp3) is 0.211. The Labute approximate surface area is 140 Å². The van der Waals surface area contributed by atoms with E-state index in [2.05, 4.69) is 19.9 Å². The van der Waals surface area contributed by atoms with Crippen LogP contribution in [0, 0.1) is 5.82 Å². The van der Waals surface area contributed by atoms with Crippen LogP contribution in [0.25, 0.3) is 22.7 Å². The van der Waals surface area contributed by atoms with Gasteiger partial charge >= 0.3 is 0 Å². The number of nitrogens with zero attached hydrogens (tertiary/aromatic N) is 2. The summed E-state index contributed by atoms with van der Waals surface area (Å²) in [6.07, 6.45) is 4.05. The van der Waals surface area contributed by atoms with Gasteiger partial charge in [0.05, 0.1) is 11.2 Å². The van der Waals surface area contributed by atoms with E-state index in [1.54, 1.807) is 16.6 Å². The number of hydrogen-bond donors (Lipinski definition) is 0. The van der Waals surface area contributed by atoms with Crippen LogP contribution in [-0.4, -0.2) is 9.61 Å². The van der Waals surface area contributed by atoms with Crippen molar-refractivity contribution in [3.8, 4) is 11.1 Å². The van der Waals surface area contributed by atoms with Crippen LogP contribution in [0.2, 0.25) is 5.15 Å². The molecule has 0 bridgehead atoms. The Kier molecular flexibility index (Phi) is 4.22. The molecular weight excluding hydrogens is 311 g/mol. The summed E-state index contributed by atoms with van der Waals surface area (Å²) >= 11 is 6.29. The van der Waals surface area contributed by atoms with E-state index >= 15 is 0 Å². The molecule has 0 saturated heterocycles. The third kappa shape index (κ3) is 2.77. The first-order valence-electron chi connectivity index (χ1n) is 7.62. The van der Waals surface area contributed by atoms with Crippen LogP contribution in [0.3, 0.4) is 0 Å². The Hall–Kier alpha value is -2.13. The van der Waals surface area contributed by atoms with Crippen molar-refractivity contribution >= 4 is 23.2 Å². The molecule has 0 fully saturated rings. The molecular formula is C19H18ClFN2. The lowest BCUT2D eigenvalue weighted by molar-refractivity contribution is 0.628. The van der Waals surface area contributed by atoms with Crippen molar-refractivity contribution in [3.05, 3.63) is 64.7 Å². The number of benzene rings is 1. The average molecular weight is 329 g/mol. The average Bonchev–Trinajstić information content (AvgIpc) is 2.89. The van der Waals surface area contributed by atoms with Gasteiger partial charge < -0.3 is 0 Å². The third-order valence-electron chi connectivity index (χ3n) is 3.83. The zero-order chi connectivity index (χ0) is 16.6. The van der Waals surface area contributed by atoms with Crippen LogP contribution in [-0.2, 0) is 0 Å². The minimum atomic E-state index is -0.246. The first-order chi connectivity index (χ1) is 11.0. The second-order valence-corrected chi connectivity index (χ2v) is 6.18. The molecule has 23 heavy (non-hydrogen) atoms. The fourth-order valence-corrected chi connectivity index (χ4v) is 3.00. The highest BCUT2D eigenvalue weighted by molar-refractivity contribution is 6.30. The second kappa shape index (κ2) is 6.17. The maximum absolute atomic E-state index is 13.3. The molecule has 1 aromatic carbocycles. The number of allylic oxidation sites excluding steroid dienone is 1. The van der Waals surface area contributed by atoms with Gasteiger partial charge in [-0.15, -0.1) is 0 Å². The lowest BCUT2D eigenvalue weighted by Crippen LogP contribution is -2.06. The highest BCUT2D eigenvalue weighted by Crippen LogP contribution is 2.35. The number of hydrogen-bond acceptors (Lipinski definition) is 1. The first kappa shape index (κ1) is 15.8. The van der Waals surface area contributed by atoms with Crippen molar-refractivity contribution < 1.29 is 4.39 Å². The first-order valence-corrected chi connectivity index (χ1v) is 8.00. The quantitative estimate of drug-likeness (QED) is 0.580. The predicted octanol–water partition coefficient (Wildman–Crippen LogP) is 5.95. The van der Waals surface area contributed by atoms with Gasteiger partial charge in [-0.3, -0.25) is 0 Å². The minimum absolute atomic E-state index is 0.239. The van der Waals surface area contributed by atoms with Gasteiger partial charge in [-0.2, -0.15) is 5.10 Å². The van der Waals surface area contributed by atoms with Crippen LogP contribution in [0.1, 0.15) is 37.9 Å². The van der Waals surface area contributed by atoms with Crippen molar-refractivity contribution in [2.75, 3.05) is 0 Å². The van der Waals surface area contributed by atoms with E-state index in [9.17, 15) is 4.39 Å². The van der Waals surface area contributed by atoms with Gasteiger partial charge in [0, 0.05) is 11.1 Å². The van der Waals surface area contributed by atoms with E-state index in [0.29, 0.717) is 5.15 Å². The zero-order valence-electron chi connectivity index (χ0n) is 13.3. The van der Waals surface area contributed by atoms with Crippen LogP contribution in [0.15, 0.2) is 42.5 Å². The molecule has 0 spiro atoms. The Bertz CT molecular complexity index is 877. The lowest BCUT2D eigenvalue weighted by Gasteiger charge is -2.16. The standard InChI is InChI=1S/C19H18ClFN2/c1-4-5-15-18(13-6-8-14(21)9-7-13)16-10-11-17(20)23(16)22-19(15)12(2)3/h4-12H,1-3H3/b5-4+. The van der Waals surface area contributed by atoms with E-state index in [4.69, 9.17) is 16.7 Å². The van der Waals surface area contributed by atoms with Crippen molar-refractivity contribution in [1.29, 1.82) is 0 Å². The molecule has 0 saturated carbocycles. The Balaban J connectivity index is 2.44. The maximum Gasteiger partial charge on any atom is 0.131 e. The third-order valence-corrected chi connectivity index (χ3v) is 4.12. The summed E-state index contributed by atoms with van der Waals surface area (Å²) in [5, 5.41) is 5.28. The molecule has 2 nitrogen and oxygen atoms in total. The van der Waals surface area contributed by atoms with Gasteiger partial charge in [-0.1, -0.05) is 49.7 Å². The summed E-state index contributed by atoms with van der Waals surface area (Å²) in [6, 6.07) is 10.3. The van der Waals surface area contributed by atoms with Crippen LogP contribution >= 0.6 is 11.6 Å². The molecule has 0 aliphatic carbocycles. The van der Waals surface area contributed by atoms with Gasteiger partial charge in [-0.05, 0) is 42.7 Å². The van der Waals surface area contributed by atoms with E-state index < -0.39 is 0 Å². The lowest BCUT2D eigenvalue weighted by atomic mass is 9.94.